The van der Waals surface area contributed by atoms with E-state index in [4.69, 9.17) is 0 Å². The molecule has 0 aliphatic rings. The molecule has 3 nitrogen and oxygen atoms in total. The molecule has 0 amide bonds. The summed E-state index contributed by atoms with van der Waals surface area (Å²) in [5, 5.41) is 15.3. The molecule has 2 heterocycles. The van der Waals surface area contributed by atoms with E-state index in [1.54, 1.807) is 22.2 Å². The van der Waals surface area contributed by atoms with Crippen LogP contribution in [0.15, 0.2) is 54.7 Å². The number of benzene rings is 1. The summed E-state index contributed by atoms with van der Waals surface area (Å²) >= 11 is 1.61. The maximum absolute atomic E-state index is 11.0. The van der Waals surface area contributed by atoms with Crippen LogP contribution in [-0.2, 0) is 5.60 Å². The lowest BCUT2D eigenvalue weighted by Crippen LogP contribution is -2.25. The molecule has 4 heteroatoms. The van der Waals surface area contributed by atoms with Gasteiger partial charge < -0.3 is 5.11 Å². The lowest BCUT2D eigenvalue weighted by Gasteiger charge is -2.23. The van der Waals surface area contributed by atoms with E-state index in [1.807, 2.05) is 62.4 Å². The third-order valence-corrected chi connectivity index (χ3v) is 4.57. The highest BCUT2D eigenvalue weighted by Gasteiger charge is 2.31. The quantitative estimate of drug-likeness (QED) is 0.799. The van der Waals surface area contributed by atoms with Gasteiger partial charge in [-0.2, -0.15) is 5.10 Å². The molecule has 3 aromatic rings. The number of thiophene rings is 1. The van der Waals surface area contributed by atoms with Gasteiger partial charge in [-0.25, -0.2) is 4.68 Å². The Hall–Kier alpha value is -1.91. The second kappa shape index (κ2) is 4.89. The van der Waals surface area contributed by atoms with Crippen LogP contribution in [0, 0.1) is 6.92 Å². The van der Waals surface area contributed by atoms with Gasteiger partial charge in [0.15, 0.2) is 0 Å². The van der Waals surface area contributed by atoms with E-state index in [2.05, 4.69) is 5.10 Å². The van der Waals surface area contributed by atoms with Gasteiger partial charge in [-0.3, -0.25) is 0 Å². The Kier molecular flexibility index (Phi) is 3.20. The standard InChI is InChI=1S/C16H16N2OS/c1-12-8-9-15(20-12)16(2,19)14-10-11-17-18(14)13-6-4-3-5-7-13/h3-11,19H,1-2H3. The van der Waals surface area contributed by atoms with Crippen molar-refractivity contribution in [3.05, 3.63) is 70.2 Å². The summed E-state index contributed by atoms with van der Waals surface area (Å²) in [5.74, 6) is 0. The van der Waals surface area contributed by atoms with Crippen molar-refractivity contribution in [2.45, 2.75) is 19.4 Å². The molecule has 0 aliphatic heterocycles. The third-order valence-electron chi connectivity index (χ3n) is 3.36. The van der Waals surface area contributed by atoms with Crippen molar-refractivity contribution in [3.63, 3.8) is 0 Å². The highest BCUT2D eigenvalue weighted by Crippen LogP contribution is 2.34. The Labute approximate surface area is 122 Å². The molecule has 0 aliphatic carbocycles. The van der Waals surface area contributed by atoms with Gasteiger partial charge in [-0.15, -0.1) is 11.3 Å². The van der Waals surface area contributed by atoms with Gasteiger partial charge in [-0.1, -0.05) is 18.2 Å². The number of para-hydroxylation sites is 1. The number of aryl methyl sites for hydroxylation is 1. The van der Waals surface area contributed by atoms with Gasteiger partial charge in [-0.05, 0) is 44.2 Å². The van der Waals surface area contributed by atoms with Gasteiger partial charge in [0.2, 0.25) is 0 Å². The number of nitrogens with zero attached hydrogens (tertiary/aromatic N) is 2. The van der Waals surface area contributed by atoms with E-state index in [-0.39, 0.29) is 0 Å². The van der Waals surface area contributed by atoms with Gasteiger partial charge >= 0.3 is 0 Å². The molecule has 102 valence electrons. The monoisotopic (exact) mass is 284 g/mol. The lowest BCUT2D eigenvalue weighted by atomic mass is 10.00. The van der Waals surface area contributed by atoms with E-state index in [1.165, 1.54) is 4.88 Å². The summed E-state index contributed by atoms with van der Waals surface area (Å²) in [6.45, 7) is 3.85. The smallest absolute Gasteiger partial charge is 0.138 e. The zero-order valence-corrected chi connectivity index (χ0v) is 12.3. The first-order valence-corrected chi connectivity index (χ1v) is 7.30. The molecule has 0 fully saturated rings. The Morgan fingerprint density at radius 2 is 1.85 bits per heavy atom. The van der Waals surface area contributed by atoms with Crippen molar-refractivity contribution in [3.8, 4) is 5.69 Å². The van der Waals surface area contributed by atoms with Crippen molar-refractivity contribution in [2.24, 2.45) is 0 Å². The summed E-state index contributed by atoms with van der Waals surface area (Å²) in [4.78, 5) is 2.11. The molecular weight excluding hydrogens is 268 g/mol. The van der Waals surface area contributed by atoms with E-state index in [9.17, 15) is 5.11 Å². The minimum absolute atomic E-state index is 0.769. The predicted octanol–water partition coefficient (Wildman–Crippen LogP) is 3.50. The van der Waals surface area contributed by atoms with Gasteiger partial charge in [0, 0.05) is 16.0 Å². The maximum Gasteiger partial charge on any atom is 0.138 e. The first-order chi connectivity index (χ1) is 9.59. The third kappa shape index (κ3) is 2.17. The summed E-state index contributed by atoms with van der Waals surface area (Å²) in [6.07, 6.45) is 1.72. The van der Waals surface area contributed by atoms with Crippen molar-refractivity contribution < 1.29 is 5.11 Å². The zero-order valence-electron chi connectivity index (χ0n) is 11.4. The number of aliphatic hydroxyl groups is 1. The molecule has 20 heavy (non-hydrogen) atoms. The fraction of sp³-hybridized carbons (Fsp3) is 0.188. The zero-order chi connectivity index (χ0) is 14.2. The highest BCUT2D eigenvalue weighted by atomic mass is 32.1. The molecule has 1 N–H and O–H groups in total. The molecule has 2 aromatic heterocycles. The molecule has 1 aromatic carbocycles. The lowest BCUT2D eigenvalue weighted by molar-refractivity contribution is 0.0985. The first kappa shape index (κ1) is 13.1. The van der Waals surface area contributed by atoms with Crippen LogP contribution in [-0.4, -0.2) is 14.9 Å². The Morgan fingerprint density at radius 1 is 1.10 bits per heavy atom. The van der Waals surface area contributed by atoms with Crippen LogP contribution in [0.2, 0.25) is 0 Å². The summed E-state index contributed by atoms with van der Waals surface area (Å²) in [5.41, 5.74) is 0.664. The van der Waals surface area contributed by atoms with E-state index >= 15 is 0 Å². The van der Waals surface area contributed by atoms with Crippen molar-refractivity contribution >= 4 is 11.3 Å². The van der Waals surface area contributed by atoms with Crippen molar-refractivity contribution in [1.29, 1.82) is 0 Å². The second-order valence-corrected chi connectivity index (χ2v) is 6.23. The summed E-state index contributed by atoms with van der Waals surface area (Å²) in [7, 11) is 0. The Bertz CT molecular complexity index is 713. The number of aromatic nitrogens is 2. The molecule has 0 bridgehead atoms. The number of hydrogen-bond acceptors (Lipinski definition) is 3. The molecular formula is C16H16N2OS. The predicted molar refractivity (Wildman–Crippen MR) is 81.3 cm³/mol. The van der Waals surface area contributed by atoms with Gasteiger partial charge in [0.05, 0.1) is 11.4 Å². The van der Waals surface area contributed by atoms with Crippen LogP contribution in [0.4, 0.5) is 0 Å². The van der Waals surface area contributed by atoms with E-state index < -0.39 is 5.60 Å². The Balaban J connectivity index is 2.10. The largest absolute Gasteiger partial charge is 0.378 e. The second-order valence-electron chi connectivity index (χ2n) is 4.95. The fourth-order valence-corrected chi connectivity index (χ4v) is 3.19. The molecule has 1 unspecified atom stereocenters. The maximum atomic E-state index is 11.0. The number of hydrogen-bond donors (Lipinski definition) is 1. The van der Waals surface area contributed by atoms with Gasteiger partial charge in [0.1, 0.15) is 5.60 Å². The van der Waals surface area contributed by atoms with Crippen LogP contribution < -0.4 is 0 Å². The van der Waals surface area contributed by atoms with Crippen LogP contribution in [0.5, 0.6) is 0 Å². The van der Waals surface area contributed by atoms with Crippen molar-refractivity contribution in [1.82, 2.24) is 9.78 Å². The first-order valence-electron chi connectivity index (χ1n) is 6.48. The Morgan fingerprint density at radius 3 is 2.50 bits per heavy atom. The van der Waals surface area contributed by atoms with E-state index in [0.29, 0.717) is 0 Å². The van der Waals surface area contributed by atoms with Gasteiger partial charge in [0.25, 0.3) is 0 Å². The van der Waals surface area contributed by atoms with E-state index in [0.717, 1.165) is 16.3 Å². The molecule has 0 saturated heterocycles. The summed E-state index contributed by atoms with van der Waals surface area (Å²) in [6, 6.07) is 15.7. The summed E-state index contributed by atoms with van der Waals surface area (Å²) < 4.78 is 1.79. The minimum atomic E-state index is -1.05. The van der Waals surface area contributed by atoms with Crippen LogP contribution in [0.1, 0.15) is 22.4 Å². The fourth-order valence-electron chi connectivity index (χ4n) is 2.27. The topological polar surface area (TPSA) is 38.1 Å². The molecule has 1 atom stereocenters. The van der Waals surface area contributed by atoms with Crippen LogP contribution >= 0.6 is 11.3 Å². The van der Waals surface area contributed by atoms with Crippen molar-refractivity contribution in [2.75, 3.05) is 0 Å². The van der Waals surface area contributed by atoms with Crippen LogP contribution in [0.25, 0.3) is 5.69 Å². The van der Waals surface area contributed by atoms with Crippen LogP contribution in [0.3, 0.4) is 0 Å². The molecule has 3 rings (SSSR count). The number of rotatable bonds is 3. The molecule has 0 spiro atoms. The average molecular weight is 284 g/mol. The normalized spacial score (nSPS) is 14.2. The SMILES string of the molecule is Cc1ccc(C(C)(O)c2ccnn2-c2ccccc2)s1. The molecule has 0 radical (unpaired) electrons. The minimum Gasteiger partial charge on any atom is -0.378 e. The average Bonchev–Trinajstić information content (AvgIpc) is 3.08. The highest BCUT2D eigenvalue weighted by molar-refractivity contribution is 7.12. The molecule has 0 saturated carbocycles.